The number of anilines is 2. The van der Waals surface area contributed by atoms with Crippen LogP contribution in [0.2, 0.25) is 0 Å². The maximum atomic E-state index is 5.62. The molecule has 1 heterocycles. The van der Waals surface area contributed by atoms with Gasteiger partial charge >= 0.3 is 0 Å². The molecule has 0 saturated carbocycles. The molecule has 0 aliphatic rings. The van der Waals surface area contributed by atoms with E-state index in [-0.39, 0.29) is 0 Å². The highest BCUT2D eigenvalue weighted by molar-refractivity contribution is 5.53. The lowest BCUT2D eigenvalue weighted by Crippen LogP contribution is -2.04. The maximum absolute atomic E-state index is 5.62. The second-order valence-corrected chi connectivity index (χ2v) is 2.80. The molecule has 0 atom stereocenters. The third kappa shape index (κ3) is 2.65. The van der Waals surface area contributed by atoms with Crippen molar-refractivity contribution in [1.29, 1.82) is 0 Å². The highest BCUT2D eigenvalue weighted by atomic mass is 16.5. The highest BCUT2D eigenvalue weighted by Crippen LogP contribution is 2.19. The van der Waals surface area contributed by atoms with E-state index >= 15 is 0 Å². The van der Waals surface area contributed by atoms with Gasteiger partial charge in [0.2, 0.25) is 5.88 Å². The van der Waals surface area contributed by atoms with E-state index in [1.807, 2.05) is 12.1 Å². The molecule has 4 nitrogen and oxygen atoms in total. The van der Waals surface area contributed by atoms with Crippen molar-refractivity contribution in [1.82, 2.24) is 4.98 Å². The van der Waals surface area contributed by atoms with E-state index in [2.05, 4.69) is 16.9 Å². The summed E-state index contributed by atoms with van der Waals surface area (Å²) in [5.41, 5.74) is 6.17. The molecule has 0 bridgehead atoms. The SMILES string of the molecule is C=CCCNc1ccc(N)c(OC)n1. The number of nitrogen functional groups attached to an aromatic ring is 1. The van der Waals surface area contributed by atoms with E-state index in [4.69, 9.17) is 10.5 Å². The van der Waals surface area contributed by atoms with Crippen LogP contribution in [0.4, 0.5) is 11.5 Å². The van der Waals surface area contributed by atoms with Crippen molar-refractivity contribution >= 4 is 11.5 Å². The minimum Gasteiger partial charge on any atom is -0.479 e. The van der Waals surface area contributed by atoms with Crippen LogP contribution in [-0.4, -0.2) is 18.6 Å². The van der Waals surface area contributed by atoms with Gasteiger partial charge < -0.3 is 15.8 Å². The molecule has 4 heteroatoms. The molecule has 1 aromatic heterocycles. The Balaban J connectivity index is 2.64. The van der Waals surface area contributed by atoms with Gasteiger partial charge in [-0.2, -0.15) is 4.98 Å². The monoisotopic (exact) mass is 193 g/mol. The average molecular weight is 193 g/mol. The minimum absolute atomic E-state index is 0.452. The van der Waals surface area contributed by atoms with Gasteiger partial charge in [-0.1, -0.05) is 6.08 Å². The first-order valence-electron chi connectivity index (χ1n) is 4.43. The quantitative estimate of drug-likeness (QED) is 0.551. The van der Waals surface area contributed by atoms with Crippen LogP contribution < -0.4 is 15.8 Å². The van der Waals surface area contributed by atoms with Crippen LogP contribution in [0.5, 0.6) is 5.88 Å². The van der Waals surface area contributed by atoms with Crippen LogP contribution in [0, 0.1) is 0 Å². The zero-order valence-electron chi connectivity index (χ0n) is 8.29. The molecule has 0 fully saturated rings. The van der Waals surface area contributed by atoms with Crippen molar-refractivity contribution in [3.63, 3.8) is 0 Å². The molecule has 0 amide bonds. The Morgan fingerprint density at radius 1 is 1.64 bits per heavy atom. The molecule has 0 spiro atoms. The van der Waals surface area contributed by atoms with Crippen molar-refractivity contribution < 1.29 is 4.74 Å². The van der Waals surface area contributed by atoms with E-state index in [1.165, 1.54) is 0 Å². The van der Waals surface area contributed by atoms with Crippen LogP contribution in [0.1, 0.15) is 6.42 Å². The number of pyridine rings is 1. The highest BCUT2D eigenvalue weighted by Gasteiger charge is 2.01. The van der Waals surface area contributed by atoms with Gasteiger partial charge in [0.15, 0.2) is 0 Å². The van der Waals surface area contributed by atoms with E-state index in [0.717, 1.165) is 18.8 Å². The second-order valence-electron chi connectivity index (χ2n) is 2.80. The summed E-state index contributed by atoms with van der Waals surface area (Å²) in [5, 5.41) is 3.13. The summed E-state index contributed by atoms with van der Waals surface area (Å²) in [4.78, 5) is 4.17. The normalized spacial score (nSPS) is 9.50. The molecule has 0 radical (unpaired) electrons. The van der Waals surface area contributed by atoms with Crippen LogP contribution in [0.15, 0.2) is 24.8 Å². The fourth-order valence-electron chi connectivity index (χ4n) is 1.02. The molecule has 3 N–H and O–H groups in total. The number of rotatable bonds is 5. The summed E-state index contributed by atoms with van der Waals surface area (Å²) in [5.74, 6) is 1.21. The third-order valence-electron chi connectivity index (χ3n) is 1.74. The number of hydrogen-bond acceptors (Lipinski definition) is 4. The lowest BCUT2D eigenvalue weighted by Gasteiger charge is -2.07. The first-order chi connectivity index (χ1) is 6.77. The van der Waals surface area contributed by atoms with Gasteiger partial charge in [0.1, 0.15) is 5.82 Å². The summed E-state index contributed by atoms with van der Waals surface area (Å²) in [6.07, 6.45) is 2.75. The van der Waals surface area contributed by atoms with Crippen LogP contribution in [-0.2, 0) is 0 Å². The van der Waals surface area contributed by atoms with E-state index in [0.29, 0.717) is 11.6 Å². The summed E-state index contributed by atoms with van der Waals surface area (Å²) >= 11 is 0. The fourth-order valence-corrected chi connectivity index (χ4v) is 1.02. The van der Waals surface area contributed by atoms with Gasteiger partial charge in [-0.3, -0.25) is 0 Å². The van der Waals surface area contributed by atoms with Gasteiger partial charge in [-0.05, 0) is 18.6 Å². The molecule has 1 aromatic rings. The molecular formula is C10H15N3O. The summed E-state index contributed by atoms with van der Waals surface area (Å²) < 4.78 is 5.00. The number of methoxy groups -OCH3 is 1. The number of ether oxygens (including phenoxy) is 1. The summed E-state index contributed by atoms with van der Waals surface area (Å²) in [6.45, 7) is 4.44. The Morgan fingerprint density at radius 2 is 2.43 bits per heavy atom. The Labute approximate surface area is 83.8 Å². The molecule has 76 valence electrons. The molecule has 14 heavy (non-hydrogen) atoms. The fraction of sp³-hybridized carbons (Fsp3) is 0.300. The zero-order valence-corrected chi connectivity index (χ0v) is 8.29. The summed E-state index contributed by atoms with van der Waals surface area (Å²) in [7, 11) is 1.55. The van der Waals surface area contributed by atoms with Gasteiger partial charge in [0.25, 0.3) is 0 Å². The molecule has 1 rings (SSSR count). The van der Waals surface area contributed by atoms with Gasteiger partial charge in [0.05, 0.1) is 12.8 Å². The maximum Gasteiger partial charge on any atom is 0.238 e. The largest absolute Gasteiger partial charge is 0.479 e. The molecule has 0 saturated heterocycles. The number of hydrogen-bond donors (Lipinski definition) is 2. The van der Waals surface area contributed by atoms with Crippen molar-refractivity contribution in [3.8, 4) is 5.88 Å². The Kier molecular flexibility index (Phi) is 3.79. The molecule has 0 unspecified atom stereocenters. The second kappa shape index (κ2) is 5.11. The number of nitrogens with one attached hydrogen (secondary N) is 1. The smallest absolute Gasteiger partial charge is 0.238 e. The van der Waals surface area contributed by atoms with Crippen molar-refractivity contribution in [2.75, 3.05) is 24.7 Å². The number of nitrogens with two attached hydrogens (primary N) is 1. The predicted molar refractivity (Wildman–Crippen MR) is 58.5 cm³/mol. The van der Waals surface area contributed by atoms with Crippen molar-refractivity contribution in [3.05, 3.63) is 24.8 Å². The van der Waals surface area contributed by atoms with Gasteiger partial charge in [0, 0.05) is 6.54 Å². The van der Waals surface area contributed by atoms with Crippen molar-refractivity contribution in [2.24, 2.45) is 0 Å². The molecular weight excluding hydrogens is 178 g/mol. The first kappa shape index (κ1) is 10.4. The topological polar surface area (TPSA) is 60.2 Å². The Morgan fingerprint density at radius 3 is 3.07 bits per heavy atom. The minimum atomic E-state index is 0.452. The van der Waals surface area contributed by atoms with Gasteiger partial charge in [-0.25, -0.2) is 0 Å². The van der Waals surface area contributed by atoms with Crippen LogP contribution >= 0.6 is 0 Å². The summed E-state index contributed by atoms with van der Waals surface area (Å²) in [6, 6.07) is 3.59. The Hall–Kier alpha value is -1.71. The molecule has 0 aromatic carbocycles. The first-order valence-corrected chi connectivity index (χ1v) is 4.43. The van der Waals surface area contributed by atoms with Crippen LogP contribution in [0.3, 0.4) is 0 Å². The lowest BCUT2D eigenvalue weighted by molar-refractivity contribution is 0.401. The van der Waals surface area contributed by atoms with Crippen LogP contribution in [0.25, 0.3) is 0 Å². The molecule has 0 aliphatic heterocycles. The lowest BCUT2D eigenvalue weighted by atomic mass is 10.3. The van der Waals surface area contributed by atoms with E-state index in [9.17, 15) is 0 Å². The van der Waals surface area contributed by atoms with E-state index < -0.39 is 0 Å². The molecule has 0 aliphatic carbocycles. The predicted octanol–water partition coefficient (Wildman–Crippen LogP) is 1.66. The number of aromatic nitrogens is 1. The zero-order chi connectivity index (χ0) is 10.4. The standard InChI is InChI=1S/C10H15N3O/c1-3-4-7-12-9-6-5-8(11)10(13-9)14-2/h3,5-6H,1,4,7,11H2,2H3,(H,12,13). The average Bonchev–Trinajstić information content (AvgIpc) is 2.21. The van der Waals surface area contributed by atoms with Crippen molar-refractivity contribution in [2.45, 2.75) is 6.42 Å². The van der Waals surface area contributed by atoms with Gasteiger partial charge in [-0.15, -0.1) is 6.58 Å². The Bertz CT molecular complexity index is 312. The third-order valence-corrected chi connectivity index (χ3v) is 1.74. The van der Waals surface area contributed by atoms with E-state index in [1.54, 1.807) is 13.2 Å². The number of nitrogens with zero attached hydrogens (tertiary/aromatic N) is 1.